The fourth-order valence-electron chi connectivity index (χ4n) is 2.15. The number of benzene rings is 1. The van der Waals surface area contributed by atoms with Crippen molar-refractivity contribution in [3.05, 3.63) is 34.9 Å². The average Bonchev–Trinajstić information content (AvgIpc) is 2.68. The predicted octanol–water partition coefficient (Wildman–Crippen LogP) is 1.82. The van der Waals surface area contributed by atoms with Gasteiger partial charge in [0.2, 0.25) is 5.91 Å². The molecule has 5 heteroatoms. The summed E-state index contributed by atoms with van der Waals surface area (Å²) in [6.07, 6.45) is 1.10. The Morgan fingerprint density at radius 1 is 1.50 bits per heavy atom. The number of carboxylic acids is 1. The summed E-state index contributed by atoms with van der Waals surface area (Å²) in [5.41, 5.74) is 1.05. The van der Waals surface area contributed by atoms with Crippen molar-refractivity contribution < 1.29 is 14.7 Å². The summed E-state index contributed by atoms with van der Waals surface area (Å²) in [6.45, 7) is 1.07. The van der Waals surface area contributed by atoms with Crippen molar-refractivity contribution in [2.24, 2.45) is 5.92 Å². The second kappa shape index (κ2) is 5.40. The van der Waals surface area contributed by atoms with Gasteiger partial charge in [-0.2, -0.15) is 0 Å². The van der Waals surface area contributed by atoms with Crippen LogP contribution in [0.2, 0.25) is 5.02 Å². The first-order chi connectivity index (χ1) is 8.58. The smallest absolute Gasteiger partial charge is 0.316 e. The van der Waals surface area contributed by atoms with Crippen LogP contribution in [0.1, 0.15) is 12.0 Å². The van der Waals surface area contributed by atoms with Crippen molar-refractivity contribution in [3.63, 3.8) is 0 Å². The molecule has 1 unspecified atom stereocenters. The highest BCUT2D eigenvalue weighted by atomic mass is 35.5. The lowest BCUT2D eigenvalue weighted by molar-refractivity contribution is -0.147. The normalized spacial score (nSPS) is 19.3. The number of nitrogens with zero attached hydrogens (tertiary/aromatic N) is 1. The number of rotatable bonds is 4. The highest BCUT2D eigenvalue weighted by Crippen LogP contribution is 2.19. The maximum atomic E-state index is 11.8. The third-order valence-corrected chi connectivity index (χ3v) is 3.39. The topological polar surface area (TPSA) is 57.6 Å². The molecule has 0 bridgehead atoms. The molecule has 1 amide bonds. The van der Waals surface area contributed by atoms with Crippen LogP contribution in [0.15, 0.2) is 24.3 Å². The Morgan fingerprint density at radius 2 is 2.28 bits per heavy atom. The first-order valence-corrected chi connectivity index (χ1v) is 6.22. The molecule has 18 heavy (non-hydrogen) atoms. The van der Waals surface area contributed by atoms with Crippen LogP contribution < -0.4 is 0 Å². The highest BCUT2D eigenvalue weighted by molar-refractivity contribution is 6.30. The molecule has 0 aliphatic carbocycles. The Kier molecular flexibility index (Phi) is 3.87. The molecule has 2 rings (SSSR count). The van der Waals surface area contributed by atoms with Crippen molar-refractivity contribution in [1.82, 2.24) is 4.90 Å². The molecule has 0 radical (unpaired) electrons. The van der Waals surface area contributed by atoms with Gasteiger partial charge in [-0.05, 0) is 30.5 Å². The summed E-state index contributed by atoms with van der Waals surface area (Å²) in [4.78, 5) is 24.2. The van der Waals surface area contributed by atoms with E-state index in [4.69, 9.17) is 16.7 Å². The summed E-state index contributed by atoms with van der Waals surface area (Å²) in [5, 5.41) is 9.53. The Morgan fingerprint density at radius 3 is 2.89 bits per heavy atom. The lowest BCUT2D eigenvalue weighted by Crippen LogP contribution is -2.31. The highest BCUT2D eigenvalue weighted by Gasteiger charge is 2.36. The summed E-state index contributed by atoms with van der Waals surface area (Å²) in [7, 11) is 0. The molecule has 1 aromatic carbocycles. The van der Waals surface area contributed by atoms with E-state index in [0.717, 1.165) is 5.56 Å². The van der Waals surface area contributed by atoms with Crippen LogP contribution >= 0.6 is 11.6 Å². The fourth-order valence-corrected chi connectivity index (χ4v) is 2.36. The first-order valence-electron chi connectivity index (χ1n) is 5.84. The maximum Gasteiger partial charge on any atom is 0.316 e. The van der Waals surface area contributed by atoms with Gasteiger partial charge in [0, 0.05) is 18.1 Å². The van der Waals surface area contributed by atoms with Gasteiger partial charge in [-0.15, -0.1) is 0 Å². The number of carbonyl (C=O) groups excluding carboxylic acids is 1. The minimum Gasteiger partial charge on any atom is -0.481 e. The van der Waals surface area contributed by atoms with E-state index in [1.807, 2.05) is 18.2 Å². The largest absolute Gasteiger partial charge is 0.481 e. The number of halogens is 1. The minimum absolute atomic E-state index is 0.274. The zero-order valence-corrected chi connectivity index (χ0v) is 10.6. The van der Waals surface area contributed by atoms with E-state index < -0.39 is 11.9 Å². The van der Waals surface area contributed by atoms with Gasteiger partial charge in [0.25, 0.3) is 0 Å². The van der Waals surface area contributed by atoms with E-state index in [1.165, 1.54) is 0 Å². The van der Waals surface area contributed by atoms with Crippen molar-refractivity contribution >= 4 is 23.5 Å². The van der Waals surface area contributed by atoms with E-state index in [-0.39, 0.29) is 5.91 Å². The van der Waals surface area contributed by atoms with Gasteiger partial charge in [0.05, 0.1) is 0 Å². The molecule has 1 atom stereocenters. The monoisotopic (exact) mass is 267 g/mol. The van der Waals surface area contributed by atoms with Crippen LogP contribution in [0, 0.1) is 5.92 Å². The molecule has 1 aromatic rings. The Bertz CT molecular complexity index is 475. The molecule has 1 aliphatic rings. The number of likely N-dealkylation sites (tertiary alicyclic amines) is 1. The minimum atomic E-state index is -1.02. The lowest BCUT2D eigenvalue weighted by atomic mass is 10.1. The quantitative estimate of drug-likeness (QED) is 0.847. The Labute approximate surface area is 110 Å². The molecular formula is C13H14ClNO3. The van der Waals surface area contributed by atoms with Gasteiger partial charge in [-0.3, -0.25) is 9.59 Å². The summed E-state index contributed by atoms with van der Waals surface area (Å²) in [6, 6.07) is 7.47. The summed E-state index contributed by atoms with van der Waals surface area (Å²) in [5.74, 6) is -2.15. The van der Waals surface area contributed by atoms with E-state index in [1.54, 1.807) is 11.0 Å². The zero-order valence-electron chi connectivity index (χ0n) is 9.80. The molecule has 1 aliphatic heterocycles. The van der Waals surface area contributed by atoms with E-state index in [0.29, 0.717) is 31.0 Å². The van der Waals surface area contributed by atoms with Crippen LogP contribution in [0.25, 0.3) is 0 Å². The molecule has 0 saturated carbocycles. The number of carbonyl (C=O) groups is 2. The van der Waals surface area contributed by atoms with Crippen molar-refractivity contribution in [2.45, 2.75) is 12.8 Å². The van der Waals surface area contributed by atoms with Crippen LogP contribution in [-0.4, -0.2) is 35.0 Å². The van der Waals surface area contributed by atoms with Gasteiger partial charge in [-0.25, -0.2) is 0 Å². The summed E-state index contributed by atoms with van der Waals surface area (Å²) < 4.78 is 0. The van der Waals surface area contributed by atoms with Gasteiger partial charge in [-0.1, -0.05) is 23.7 Å². The third kappa shape index (κ3) is 2.82. The molecule has 1 heterocycles. The fraction of sp³-hybridized carbons (Fsp3) is 0.385. The van der Waals surface area contributed by atoms with Crippen molar-refractivity contribution in [3.8, 4) is 0 Å². The van der Waals surface area contributed by atoms with E-state index in [9.17, 15) is 9.59 Å². The molecular weight excluding hydrogens is 254 g/mol. The number of hydrogen-bond donors (Lipinski definition) is 1. The zero-order chi connectivity index (χ0) is 13.1. The van der Waals surface area contributed by atoms with Gasteiger partial charge in [0.15, 0.2) is 0 Å². The number of amides is 1. The van der Waals surface area contributed by atoms with Crippen LogP contribution in [0.5, 0.6) is 0 Å². The second-order valence-corrected chi connectivity index (χ2v) is 4.82. The van der Waals surface area contributed by atoms with Crippen LogP contribution in [-0.2, 0) is 16.0 Å². The number of aliphatic carboxylic acids is 1. The van der Waals surface area contributed by atoms with E-state index >= 15 is 0 Å². The average molecular weight is 268 g/mol. The lowest BCUT2D eigenvalue weighted by Gasteiger charge is -2.15. The van der Waals surface area contributed by atoms with Gasteiger partial charge >= 0.3 is 5.97 Å². The molecule has 1 fully saturated rings. The van der Waals surface area contributed by atoms with Crippen LogP contribution in [0.3, 0.4) is 0 Å². The molecule has 1 N–H and O–H groups in total. The Hall–Kier alpha value is -1.55. The van der Waals surface area contributed by atoms with Gasteiger partial charge < -0.3 is 10.0 Å². The maximum absolute atomic E-state index is 11.8. The first kappa shape index (κ1) is 12.9. The molecule has 1 saturated heterocycles. The number of hydrogen-bond acceptors (Lipinski definition) is 2. The second-order valence-electron chi connectivity index (χ2n) is 4.38. The van der Waals surface area contributed by atoms with Gasteiger partial charge in [0.1, 0.15) is 5.92 Å². The molecule has 0 spiro atoms. The van der Waals surface area contributed by atoms with Crippen molar-refractivity contribution in [1.29, 1.82) is 0 Å². The van der Waals surface area contributed by atoms with Crippen LogP contribution in [0.4, 0.5) is 0 Å². The van der Waals surface area contributed by atoms with E-state index in [2.05, 4.69) is 0 Å². The number of carboxylic acid groups (broad SMARTS) is 1. The third-order valence-electron chi connectivity index (χ3n) is 3.15. The summed E-state index contributed by atoms with van der Waals surface area (Å²) >= 11 is 5.88. The predicted molar refractivity (Wildman–Crippen MR) is 67.5 cm³/mol. The molecule has 0 aromatic heterocycles. The molecule has 4 nitrogen and oxygen atoms in total. The molecule has 96 valence electrons. The Balaban J connectivity index is 1.92. The SMILES string of the molecule is O=C(O)C1CCN(CCc2cccc(Cl)c2)C1=O. The standard InChI is InChI=1S/C13H14ClNO3/c14-10-3-1-2-9(8-10)4-6-15-7-5-11(12(15)16)13(17)18/h1-3,8,11H,4-7H2,(H,17,18). The van der Waals surface area contributed by atoms with Crippen molar-refractivity contribution in [2.75, 3.05) is 13.1 Å².